The zero-order valence-electron chi connectivity index (χ0n) is 13.6. The third-order valence-corrected chi connectivity index (χ3v) is 8.08. The number of amides is 1. The van der Waals surface area contributed by atoms with Crippen molar-refractivity contribution in [3.05, 3.63) is 17.5 Å². The summed E-state index contributed by atoms with van der Waals surface area (Å²) < 4.78 is 27.4. The second-order valence-corrected chi connectivity index (χ2v) is 9.60. The molecule has 0 radical (unpaired) electrons. The summed E-state index contributed by atoms with van der Waals surface area (Å²) in [6.07, 6.45) is 0.721. The lowest BCUT2D eigenvalue weighted by Crippen LogP contribution is -2.50. The standard InChI is InChI=1S/C15H23N3O3S2/c1-10(2)18-12(15(19)16-3)7-11-8-17(9-13(11)18)23(20,21)14-5-4-6-22-14/h4-6,10-13H,7-9H2,1-3H3,(H,16,19)/t11-,12-,13+/m0/s1. The van der Waals surface area contributed by atoms with E-state index in [-0.39, 0.29) is 30.0 Å². The quantitative estimate of drug-likeness (QED) is 0.872. The normalized spacial score (nSPS) is 29.1. The van der Waals surface area contributed by atoms with Crippen LogP contribution in [0.4, 0.5) is 0 Å². The summed E-state index contributed by atoms with van der Waals surface area (Å²) in [5.74, 6) is 0.246. The van der Waals surface area contributed by atoms with E-state index in [1.54, 1.807) is 28.9 Å². The number of rotatable bonds is 4. The highest BCUT2D eigenvalue weighted by Gasteiger charge is 2.51. The zero-order valence-corrected chi connectivity index (χ0v) is 15.2. The third kappa shape index (κ3) is 2.82. The summed E-state index contributed by atoms with van der Waals surface area (Å²) in [5.41, 5.74) is 0. The highest BCUT2D eigenvalue weighted by atomic mass is 32.2. The molecule has 1 aromatic heterocycles. The van der Waals surface area contributed by atoms with Gasteiger partial charge in [0, 0.05) is 32.2 Å². The largest absolute Gasteiger partial charge is 0.358 e. The van der Waals surface area contributed by atoms with Crippen molar-refractivity contribution in [3.8, 4) is 0 Å². The van der Waals surface area contributed by atoms with Crippen LogP contribution in [0.3, 0.4) is 0 Å². The first-order valence-electron chi connectivity index (χ1n) is 7.89. The fourth-order valence-electron chi connectivity index (χ4n) is 3.91. The van der Waals surface area contributed by atoms with E-state index < -0.39 is 10.0 Å². The van der Waals surface area contributed by atoms with Gasteiger partial charge in [0.25, 0.3) is 10.0 Å². The number of fused-ring (bicyclic) bond motifs is 1. The van der Waals surface area contributed by atoms with Gasteiger partial charge in [-0.25, -0.2) is 8.42 Å². The van der Waals surface area contributed by atoms with Crippen molar-refractivity contribution in [1.29, 1.82) is 0 Å². The lowest BCUT2D eigenvalue weighted by atomic mass is 10.0. The van der Waals surface area contributed by atoms with E-state index in [4.69, 9.17) is 0 Å². The van der Waals surface area contributed by atoms with Crippen LogP contribution in [0.1, 0.15) is 20.3 Å². The van der Waals surface area contributed by atoms with Crippen LogP contribution in [-0.2, 0) is 14.8 Å². The van der Waals surface area contributed by atoms with E-state index in [0.717, 1.165) is 6.42 Å². The van der Waals surface area contributed by atoms with E-state index in [2.05, 4.69) is 24.1 Å². The molecule has 2 aliphatic heterocycles. The molecule has 3 atom stereocenters. The van der Waals surface area contributed by atoms with Gasteiger partial charge in [-0.05, 0) is 37.6 Å². The molecule has 3 heterocycles. The van der Waals surface area contributed by atoms with Crippen LogP contribution in [0.25, 0.3) is 0 Å². The molecule has 0 aromatic carbocycles. The van der Waals surface area contributed by atoms with Gasteiger partial charge in [0.15, 0.2) is 0 Å². The monoisotopic (exact) mass is 357 g/mol. The van der Waals surface area contributed by atoms with E-state index in [1.165, 1.54) is 11.3 Å². The van der Waals surface area contributed by atoms with Gasteiger partial charge >= 0.3 is 0 Å². The fraction of sp³-hybridized carbons (Fsp3) is 0.667. The van der Waals surface area contributed by atoms with Crippen molar-refractivity contribution in [3.63, 3.8) is 0 Å². The van der Waals surface area contributed by atoms with Gasteiger partial charge < -0.3 is 5.32 Å². The van der Waals surface area contributed by atoms with Gasteiger partial charge in [0.2, 0.25) is 5.91 Å². The number of hydrogen-bond donors (Lipinski definition) is 1. The molecule has 0 saturated carbocycles. The fourth-order valence-corrected chi connectivity index (χ4v) is 6.57. The summed E-state index contributed by atoms with van der Waals surface area (Å²) in [7, 11) is -1.75. The van der Waals surface area contributed by atoms with Crippen LogP contribution in [0.5, 0.6) is 0 Å². The number of nitrogens with one attached hydrogen (secondary N) is 1. The second kappa shape index (κ2) is 6.16. The molecular weight excluding hydrogens is 334 g/mol. The summed E-state index contributed by atoms with van der Waals surface area (Å²) in [4.78, 5) is 14.3. The summed E-state index contributed by atoms with van der Waals surface area (Å²) >= 11 is 1.25. The Morgan fingerprint density at radius 2 is 2.13 bits per heavy atom. The first-order chi connectivity index (χ1) is 10.9. The number of likely N-dealkylation sites (N-methyl/N-ethyl adjacent to an activating group) is 1. The highest BCUT2D eigenvalue weighted by Crippen LogP contribution is 2.39. The molecule has 2 saturated heterocycles. The maximum Gasteiger partial charge on any atom is 0.252 e. The molecule has 0 unspecified atom stereocenters. The maximum absolute atomic E-state index is 12.7. The van der Waals surface area contributed by atoms with Crippen LogP contribution >= 0.6 is 11.3 Å². The van der Waals surface area contributed by atoms with Crippen molar-refractivity contribution in [2.24, 2.45) is 5.92 Å². The molecule has 2 aliphatic rings. The van der Waals surface area contributed by atoms with E-state index in [9.17, 15) is 13.2 Å². The first kappa shape index (κ1) is 16.9. The maximum atomic E-state index is 12.7. The Hall–Kier alpha value is -0.960. The van der Waals surface area contributed by atoms with Gasteiger partial charge in [-0.3, -0.25) is 9.69 Å². The number of carbonyl (C=O) groups excluding carboxylic acids is 1. The molecule has 0 bridgehead atoms. The molecule has 0 spiro atoms. The van der Waals surface area contributed by atoms with Gasteiger partial charge in [-0.2, -0.15) is 4.31 Å². The molecular formula is C15H23N3O3S2. The average Bonchev–Trinajstić information content (AvgIpc) is 3.20. The SMILES string of the molecule is CNC(=O)[C@@H]1C[C@H]2CN(S(=O)(=O)c3cccs3)C[C@H]2N1C(C)C. The average molecular weight is 358 g/mol. The van der Waals surface area contributed by atoms with Gasteiger partial charge in [0.05, 0.1) is 6.04 Å². The predicted molar refractivity (Wildman–Crippen MR) is 89.8 cm³/mol. The minimum atomic E-state index is -3.41. The summed E-state index contributed by atoms with van der Waals surface area (Å²) in [6.45, 7) is 5.10. The van der Waals surface area contributed by atoms with Crippen LogP contribution in [0.2, 0.25) is 0 Å². The molecule has 1 amide bonds. The smallest absolute Gasteiger partial charge is 0.252 e. The van der Waals surface area contributed by atoms with Crippen molar-refractivity contribution in [2.75, 3.05) is 20.1 Å². The number of carbonyl (C=O) groups is 1. The van der Waals surface area contributed by atoms with E-state index >= 15 is 0 Å². The van der Waals surface area contributed by atoms with Crippen LogP contribution in [-0.4, -0.2) is 61.8 Å². The molecule has 1 N–H and O–H groups in total. The number of sulfonamides is 1. The Kier molecular flexibility index (Phi) is 4.52. The van der Waals surface area contributed by atoms with Gasteiger partial charge in [-0.1, -0.05) is 6.07 Å². The topological polar surface area (TPSA) is 69.7 Å². The zero-order chi connectivity index (χ0) is 16.8. The molecule has 8 heteroatoms. The van der Waals surface area contributed by atoms with Crippen molar-refractivity contribution < 1.29 is 13.2 Å². The van der Waals surface area contributed by atoms with Gasteiger partial charge in [0.1, 0.15) is 4.21 Å². The first-order valence-corrected chi connectivity index (χ1v) is 10.2. The van der Waals surface area contributed by atoms with E-state index in [1.807, 2.05) is 0 Å². The molecule has 128 valence electrons. The Morgan fingerprint density at radius 3 is 2.70 bits per heavy atom. The third-order valence-electron chi connectivity index (χ3n) is 4.88. The molecule has 3 rings (SSSR count). The number of thiophene rings is 1. The summed E-state index contributed by atoms with van der Waals surface area (Å²) in [6, 6.07) is 3.59. The van der Waals surface area contributed by atoms with Gasteiger partial charge in [-0.15, -0.1) is 11.3 Å². The van der Waals surface area contributed by atoms with Crippen molar-refractivity contribution in [1.82, 2.24) is 14.5 Å². The van der Waals surface area contributed by atoms with Crippen molar-refractivity contribution in [2.45, 2.75) is 42.6 Å². The second-order valence-electron chi connectivity index (χ2n) is 6.49. The van der Waals surface area contributed by atoms with Crippen LogP contribution in [0, 0.1) is 5.92 Å². The van der Waals surface area contributed by atoms with Crippen LogP contribution in [0.15, 0.2) is 21.7 Å². The Morgan fingerprint density at radius 1 is 1.39 bits per heavy atom. The number of hydrogen-bond acceptors (Lipinski definition) is 5. The highest BCUT2D eigenvalue weighted by molar-refractivity contribution is 7.91. The molecule has 0 aliphatic carbocycles. The van der Waals surface area contributed by atoms with Crippen molar-refractivity contribution >= 4 is 27.3 Å². The lowest BCUT2D eigenvalue weighted by molar-refractivity contribution is -0.126. The molecule has 23 heavy (non-hydrogen) atoms. The Bertz CT molecular complexity index is 672. The molecule has 1 aromatic rings. The lowest BCUT2D eigenvalue weighted by Gasteiger charge is -2.32. The molecule has 2 fully saturated rings. The van der Waals surface area contributed by atoms with E-state index in [0.29, 0.717) is 17.3 Å². The minimum absolute atomic E-state index is 0.0285. The Balaban J connectivity index is 1.82. The number of nitrogens with zero attached hydrogens (tertiary/aromatic N) is 2. The molecule has 6 nitrogen and oxygen atoms in total. The van der Waals surface area contributed by atoms with Crippen LogP contribution < -0.4 is 5.32 Å². The predicted octanol–water partition coefficient (Wildman–Crippen LogP) is 0.966. The summed E-state index contributed by atoms with van der Waals surface area (Å²) in [5, 5.41) is 4.52. The Labute approximate surface area is 141 Å². The number of likely N-dealkylation sites (tertiary alicyclic amines) is 1. The minimum Gasteiger partial charge on any atom is -0.358 e.